The third-order valence-corrected chi connectivity index (χ3v) is 6.14. The topological polar surface area (TPSA) is 95.3 Å². The number of piperidine rings is 1. The maximum absolute atomic E-state index is 12.5. The van der Waals surface area contributed by atoms with E-state index in [1.807, 2.05) is 31.2 Å². The summed E-state index contributed by atoms with van der Waals surface area (Å²) in [6, 6.07) is 8.10. The number of nitrogens with one attached hydrogen (secondary N) is 3. The first-order valence-electron chi connectivity index (χ1n) is 10.3. The van der Waals surface area contributed by atoms with Crippen molar-refractivity contribution in [2.45, 2.75) is 44.8 Å². The minimum absolute atomic E-state index is 0.0508. The zero-order valence-corrected chi connectivity index (χ0v) is 16.7. The highest BCUT2D eigenvalue weighted by Crippen LogP contribution is 2.37. The minimum Gasteiger partial charge on any atom is -0.338 e. The first-order valence-corrected chi connectivity index (χ1v) is 10.3. The van der Waals surface area contributed by atoms with Crippen molar-refractivity contribution in [2.24, 2.45) is 5.92 Å². The van der Waals surface area contributed by atoms with Crippen LogP contribution < -0.4 is 16.1 Å². The van der Waals surface area contributed by atoms with E-state index < -0.39 is 0 Å². The van der Waals surface area contributed by atoms with Gasteiger partial charge in [0.2, 0.25) is 17.6 Å². The van der Waals surface area contributed by atoms with Crippen LogP contribution in [-0.4, -0.2) is 46.4 Å². The molecule has 0 aliphatic carbocycles. The molecule has 3 aliphatic rings. The van der Waals surface area contributed by atoms with Crippen molar-refractivity contribution in [3.63, 3.8) is 0 Å². The van der Waals surface area contributed by atoms with Gasteiger partial charge in [0.1, 0.15) is 6.17 Å². The third kappa shape index (κ3) is 3.32. The molecule has 2 fully saturated rings. The van der Waals surface area contributed by atoms with Crippen LogP contribution >= 0.6 is 0 Å². The predicted octanol–water partition coefficient (Wildman–Crippen LogP) is 1.68. The van der Waals surface area contributed by atoms with Crippen LogP contribution in [0.5, 0.6) is 0 Å². The Morgan fingerprint density at radius 3 is 2.69 bits per heavy atom. The average Bonchev–Trinajstić information content (AvgIpc) is 3.32. The van der Waals surface area contributed by atoms with Crippen LogP contribution in [-0.2, 0) is 4.79 Å². The van der Waals surface area contributed by atoms with E-state index in [0.29, 0.717) is 17.6 Å². The van der Waals surface area contributed by atoms with Crippen molar-refractivity contribution in [3.8, 4) is 11.4 Å². The molecule has 0 bridgehead atoms. The second-order valence-corrected chi connectivity index (χ2v) is 8.18. The summed E-state index contributed by atoms with van der Waals surface area (Å²) in [4.78, 5) is 17.1. The Bertz CT molecular complexity index is 931. The van der Waals surface area contributed by atoms with E-state index in [0.717, 1.165) is 37.2 Å². The molecule has 3 atom stereocenters. The number of nitrogens with zero attached hydrogens (tertiary/aromatic N) is 3. The second-order valence-electron chi connectivity index (χ2n) is 8.18. The molecular formula is C21H26N6O2. The normalized spacial score (nSPS) is 27.5. The van der Waals surface area contributed by atoms with Gasteiger partial charge in [0.15, 0.2) is 0 Å². The van der Waals surface area contributed by atoms with Crippen molar-refractivity contribution in [1.82, 2.24) is 31.2 Å². The number of carbonyl (C=O) groups is 1. The predicted molar refractivity (Wildman–Crippen MR) is 107 cm³/mol. The molecule has 29 heavy (non-hydrogen) atoms. The van der Waals surface area contributed by atoms with Crippen molar-refractivity contribution in [2.75, 3.05) is 13.1 Å². The van der Waals surface area contributed by atoms with Crippen LogP contribution in [0.2, 0.25) is 0 Å². The van der Waals surface area contributed by atoms with Gasteiger partial charge in [-0.1, -0.05) is 35.0 Å². The summed E-state index contributed by atoms with van der Waals surface area (Å²) in [7, 11) is 0. The molecular weight excluding hydrogens is 368 g/mol. The van der Waals surface area contributed by atoms with Crippen molar-refractivity contribution >= 4 is 5.91 Å². The molecule has 8 nitrogen and oxygen atoms in total. The first kappa shape index (κ1) is 18.3. The molecule has 0 saturated carbocycles. The molecule has 0 radical (unpaired) electrons. The third-order valence-electron chi connectivity index (χ3n) is 6.14. The SMILES string of the molecule is Cc1ccc(-c2noc(C3C(C)NN4C(C5CCNCC5)=CC(=O)NC34)n2)cc1. The van der Waals surface area contributed by atoms with Gasteiger partial charge in [-0.3, -0.25) is 9.80 Å². The number of carbonyl (C=O) groups excluding carboxylic acids is 1. The first-order chi connectivity index (χ1) is 14.1. The van der Waals surface area contributed by atoms with E-state index in [2.05, 4.69) is 38.1 Å². The number of aryl methyl sites for hydroxylation is 1. The molecule has 3 unspecified atom stereocenters. The molecule has 5 rings (SSSR count). The molecule has 3 N–H and O–H groups in total. The fourth-order valence-electron chi connectivity index (χ4n) is 4.57. The Hall–Kier alpha value is -2.71. The van der Waals surface area contributed by atoms with Crippen LogP contribution in [0.1, 0.15) is 37.1 Å². The van der Waals surface area contributed by atoms with E-state index in [4.69, 9.17) is 4.52 Å². The highest BCUT2D eigenvalue weighted by Gasteiger charge is 2.48. The van der Waals surface area contributed by atoms with Crippen LogP contribution in [0.3, 0.4) is 0 Å². The Kier molecular flexibility index (Phi) is 4.60. The number of hydrogen-bond donors (Lipinski definition) is 3. The lowest BCUT2D eigenvalue weighted by molar-refractivity contribution is -0.119. The standard InChI is InChI=1S/C21H26N6O2/c1-12-3-5-15(6-4-12)19-24-21(29-26-19)18-13(2)25-27-16(11-17(28)23-20(18)27)14-7-9-22-10-8-14/h3-6,11,13-14,18,20,22,25H,7-10H2,1-2H3,(H,23,28). The Labute approximate surface area is 169 Å². The van der Waals surface area contributed by atoms with Crippen molar-refractivity contribution < 1.29 is 9.32 Å². The lowest BCUT2D eigenvalue weighted by atomic mass is 9.91. The molecule has 8 heteroatoms. The number of hydrogen-bond acceptors (Lipinski definition) is 7. The molecule has 1 amide bonds. The van der Waals surface area contributed by atoms with E-state index >= 15 is 0 Å². The summed E-state index contributed by atoms with van der Waals surface area (Å²) < 4.78 is 5.66. The van der Waals surface area contributed by atoms with Gasteiger partial charge < -0.3 is 15.2 Å². The summed E-state index contributed by atoms with van der Waals surface area (Å²) in [5.41, 5.74) is 6.70. The van der Waals surface area contributed by atoms with Gasteiger partial charge in [0, 0.05) is 29.3 Å². The fourth-order valence-corrected chi connectivity index (χ4v) is 4.57. The molecule has 4 heterocycles. The molecule has 2 saturated heterocycles. The van der Waals surface area contributed by atoms with Gasteiger partial charge in [0.25, 0.3) is 0 Å². The Morgan fingerprint density at radius 1 is 1.17 bits per heavy atom. The minimum atomic E-state index is -0.237. The number of amides is 1. The number of hydrazine groups is 1. The van der Waals surface area contributed by atoms with E-state index in [1.54, 1.807) is 6.08 Å². The Balaban J connectivity index is 1.43. The highest BCUT2D eigenvalue weighted by atomic mass is 16.5. The molecule has 2 aromatic rings. The van der Waals surface area contributed by atoms with Gasteiger partial charge in [-0.2, -0.15) is 4.98 Å². The van der Waals surface area contributed by atoms with E-state index in [9.17, 15) is 4.79 Å². The van der Waals surface area contributed by atoms with Crippen LogP contribution in [0.15, 0.2) is 40.6 Å². The van der Waals surface area contributed by atoms with Crippen molar-refractivity contribution in [1.29, 1.82) is 0 Å². The summed E-state index contributed by atoms with van der Waals surface area (Å²) >= 11 is 0. The fraction of sp³-hybridized carbons (Fsp3) is 0.476. The summed E-state index contributed by atoms with van der Waals surface area (Å²) in [6.07, 6.45) is 3.56. The lowest BCUT2D eigenvalue weighted by Crippen LogP contribution is -2.54. The van der Waals surface area contributed by atoms with Crippen molar-refractivity contribution in [3.05, 3.63) is 47.5 Å². The highest BCUT2D eigenvalue weighted by molar-refractivity contribution is 5.89. The van der Waals surface area contributed by atoms with Gasteiger partial charge in [0.05, 0.1) is 5.92 Å². The van der Waals surface area contributed by atoms with Crippen LogP contribution in [0.4, 0.5) is 0 Å². The smallest absolute Gasteiger partial charge is 0.247 e. The average molecular weight is 394 g/mol. The maximum Gasteiger partial charge on any atom is 0.247 e. The van der Waals surface area contributed by atoms with Gasteiger partial charge >= 0.3 is 0 Å². The zero-order valence-electron chi connectivity index (χ0n) is 16.7. The molecule has 1 aromatic heterocycles. The zero-order chi connectivity index (χ0) is 20.0. The molecule has 3 aliphatic heterocycles. The van der Waals surface area contributed by atoms with Gasteiger partial charge in [-0.05, 0) is 39.8 Å². The van der Waals surface area contributed by atoms with Crippen LogP contribution in [0, 0.1) is 12.8 Å². The number of rotatable bonds is 3. The summed E-state index contributed by atoms with van der Waals surface area (Å²) in [5.74, 6) is 1.30. The molecule has 152 valence electrons. The maximum atomic E-state index is 12.5. The van der Waals surface area contributed by atoms with Gasteiger partial charge in [-0.15, -0.1) is 0 Å². The number of fused-ring (bicyclic) bond motifs is 1. The summed E-state index contributed by atoms with van der Waals surface area (Å²) in [6.45, 7) is 6.09. The number of allylic oxidation sites excluding steroid dienone is 1. The monoisotopic (exact) mass is 394 g/mol. The van der Waals surface area contributed by atoms with Crippen LogP contribution in [0.25, 0.3) is 11.4 Å². The van der Waals surface area contributed by atoms with E-state index in [1.165, 1.54) is 5.56 Å². The lowest BCUT2D eigenvalue weighted by Gasteiger charge is -2.38. The second kappa shape index (κ2) is 7.27. The Morgan fingerprint density at radius 2 is 1.93 bits per heavy atom. The van der Waals surface area contributed by atoms with Gasteiger partial charge in [-0.25, -0.2) is 5.43 Å². The number of benzene rings is 1. The molecule has 0 spiro atoms. The molecule has 1 aromatic carbocycles. The summed E-state index contributed by atoms with van der Waals surface area (Å²) in [5, 5.41) is 12.8. The largest absolute Gasteiger partial charge is 0.338 e. The van der Waals surface area contributed by atoms with E-state index in [-0.39, 0.29) is 24.0 Å². The quantitative estimate of drug-likeness (QED) is 0.729. The number of aromatic nitrogens is 2.